The molecule has 0 aromatic heterocycles. The molecule has 0 atom stereocenters. The zero-order valence-corrected chi connectivity index (χ0v) is 10.8. The Balaban J connectivity index is 1.65. The summed E-state index contributed by atoms with van der Waals surface area (Å²) in [6.45, 7) is 1.59. The average molecular weight is 271 g/mol. The van der Waals surface area contributed by atoms with Crippen molar-refractivity contribution in [2.75, 3.05) is 13.1 Å². The van der Waals surface area contributed by atoms with Gasteiger partial charge in [0.1, 0.15) is 5.82 Å². The highest BCUT2D eigenvalue weighted by molar-refractivity contribution is 6.30. The normalized spacial score (nSPS) is 14.6. The van der Waals surface area contributed by atoms with E-state index in [0.717, 1.165) is 12.8 Å². The molecule has 2 rings (SSSR count). The SMILES string of the molecule is O=C(NCCNCc1cc(Cl)ccc1F)C1CC1. The van der Waals surface area contributed by atoms with Gasteiger partial charge in [-0.3, -0.25) is 4.79 Å². The summed E-state index contributed by atoms with van der Waals surface area (Å²) in [4.78, 5) is 11.3. The number of hydrogen-bond donors (Lipinski definition) is 2. The summed E-state index contributed by atoms with van der Waals surface area (Å²) in [5, 5.41) is 6.43. The number of halogens is 2. The maximum Gasteiger partial charge on any atom is 0.223 e. The van der Waals surface area contributed by atoms with Crippen LogP contribution in [0.3, 0.4) is 0 Å². The number of hydrogen-bond acceptors (Lipinski definition) is 2. The van der Waals surface area contributed by atoms with Crippen LogP contribution in [0.15, 0.2) is 18.2 Å². The van der Waals surface area contributed by atoms with Crippen molar-refractivity contribution in [3.8, 4) is 0 Å². The predicted molar refractivity (Wildman–Crippen MR) is 68.9 cm³/mol. The van der Waals surface area contributed by atoms with Crippen LogP contribution in [0.25, 0.3) is 0 Å². The van der Waals surface area contributed by atoms with Gasteiger partial charge in [-0.2, -0.15) is 0 Å². The van der Waals surface area contributed by atoms with Crippen LogP contribution in [0.1, 0.15) is 18.4 Å². The van der Waals surface area contributed by atoms with Gasteiger partial charge in [-0.1, -0.05) is 11.6 Å². The highest BCUT2D eigenvalue weighted by Gasteiger charge is 2.28. The van der Waals surface area contributed by atoms with Crippen LogP contribution < -0.4 is 10.6 Å². The van der Waals surface area contributed by atoms with Crippen LogP contribution in [0, 0.1) is 11.7 Å². The molecule has 1 saturated carbocycles. The van der Waals surface area contributed by atoms with E-state index in [1.165, 1.54) is 12.1 Å². The molecule has 5 heteroatoms. The van der Waals surface area contributed by atoms with E-state index in [1.54, 1.807) is 6.07 Å². The fraction of sp³-hybridized carbons (Fsp3) is 0.462. The predicted octanol–water partition coefficient (Wildman–Crippen LogP) is 2.09. The zero-order chi connectivity index (χ0) is 13.0. The number of nitrogens with one attached hydrogen (secondary N) is 2. The van der Waals surface area contributed by atoms with Gasteiger partial charge in [-0.25, -0.2) is 4.39 Å². The Morgan fingerprint density at radius 3 is 2.89 bits per heavy atom. The molecule has 1 amide bonds. The number of rotatable bonds is 6. The highest BCUT2D eigenvalue weighted by atomic mass is 35.5. The van der Waals surface area contributed by atoms with E-state index >= 15 is 0 Å². The minimum atomic E-state index is -0.270. The molecule has 1 aromatic carbocycles. The lowest BCUT2D eigenvalue weighted by Crippen LogP contribution is -2.32. The molecule has 0 radical (unpaired) electrons. The molecule has 0 spiro atoms. The molecule has 1 aromatic rings. The van der Waals surface area contributed by atoms with Gasteiger partial charge < -0.3 is 10.6 Å². The summed E-state index contributed by atoms with van der Waals surface area (Å²) >= 11 is 5.79. The van der Waals surface area contributed by atoms with Gasteiger partial charge in [0.05, 0.1) is 0 Å². The molecule has 1 aliphatic carbocycles. The fourth-order valence-electron chi connectivity index (χ4n) is 1.67. The summed E-state index contributed by atoms with van der Waals surface area (Å²) in [5.41, 5.74) is 0.538. The fourth-order valence-corrected chi connectivity index (χ4v) is 1.86. The Kier molecular flexibility index (Phi) is 4.55. The smallest absolute Gasteiger partial charge is 0.223 e. The molecule has 1 aliphatic rings. The third kappa shape index (κ3) is 3.96. The van der Waals surface area contributed by atoms with Gasteiger partial charge in [-0.15, -0.1) is 0 Å². The zero-order valence-electron chi connectivity index (χ0n) is 10.0. The molecule has 3 nitrogen and oxygen atoms in total. The van der Waals surface area contributed by atoms with Crippen LogP contribution in [0.2, 0.25) is 5.02 Å². The number of carbonyl (C=O) groups excluding carboxylic acids is 1. The number of benzene rings is 1. The standard InChI is InChI=1S/C13H16ClFN2O/c14-11-3-4-12(15)10(7-11)8-16-5-6-17-13(18)9-1-2-9/h3-4,7,9,16H,1-2,5-6,8H2,(H,17,18). The van der Waals surface area contributed by atoms with Crippen molar-refractivity contribution in [2.24, 2.45) is 5.92 Å². The van der Waals surface area contributed by atoms with Crippen LogP contribution in [-0.2, 0) is 11.3 Å². The van der Waals surface area contributed by atoms with Crippen LogP contribution in [0.4, 0.5) is 4.39 Å². The lowest BCUT2D eigenvalue weighted by Gasteiger charge is -2.07. The topological polar surface area (TPSA) is 41.1 Å². The lowest BCUT2D eigenvalue weighted by molar-refractivity contribution is -0.122. The van der Waals surface area contributed by atoms with Gasteiger partial charge in [-0.05, 0) is 31.0 Å². The second-order valence-corrected chi connectivity index (χ2v) is 4.91. The molecule has 18 heavy (non-hydrogen) atoms. The third-order valence-corrected chi connectivity index (χ3v) is 3.11. The van der Waals surface area contributed by atoms with Gasteiger partial charge in [0, 0.05) is 36.1 Å². The summed E-state index contributed by atoms with van der Waals surface area (Å²) in [6.07, 6.45) is 2.01. The van der Waals surface area contributed by atoms with Crippen LogP contribution in [-0.4, -0.2) is 19.0 Å². The quantitative estimate of drug-likeness (QED) is 0.778. The minimum Gasteiger partial charge on any atom is -0.355 e. The molecule has 1 fully saturated rings. The molecule has 98 valence electrons. The van der Waals surface area contributed by atoms with E-state index in [0.29, 0.717) is 30.2 Å². The molecule has 2 N–H and O–H groups in total. The van der Waals surface area contributed by atoms with E-state index < -0.39 is 0 Å². The maximum absolute atomic E-state index is 13.4. The first-order valence-corrected chi connectivity index (χ1v) is 6.47. The van der Waals surface area contributed by atoms with Gasteiger partial charge >= 0.3 is 0 Å². The Morgan fingerprint density at radius 2 is 2.17 bits per heavy atom. The van der Waals surface area contributed by atoms with Crippen molar-refractivity contribution in [3.63, 3.8) is 0 Å². The number of amides is 1. The Hall–Kier alpha value is -1.13. The summed E-state index contributed by atoms with van der Waals surface area (Å²) < 4.78 is 13.4. The first-order valence-electron chi connectivity index (χ1n) is 6.09. The van der Waals surface area contributed by atoms with Gasteiger partial charge in [0.2, 0.25) is 5.91 Å². The summed E-state index contributed by atoms with van der Waals surface area (Å²) in [7, 11) is 0. The van der Waals surface area contributed by atoms with Crippen molar-refractivity contribution < 1.29 is 9.18 Å². The Bertz CT molecular complexity index is 435. The number of carbonyl (C=O) groups is 1. The summed E-state index contributed by atoms with van der Waals surface area (Å²) in [6, 6.07) is 4.48. The third-order valence-electron chi connectivity index (χ3n) is 2.87. The van der Waals surface area contributed by atoms with E-state index in [-0.39, 0.29) is 17.6 Å². The van der Waals surface area contributed by atoms with Crippen molar-refractivity contribution in [1.29, 1.82) is 0 Å². The van der Waals surface area contributed by atoms with E-state index in [4.69, 9.17) is 11.6 Å². The van der Waals surface area contributed by atoms with Crippen LogP contribution >= 0.6 is 11.6 Å². The molecule has 0 saturated heterocycles. The first kappa shape index (κ1) is 13.3. The monoisotopic (exact) mass is 270 g/mol. The average Bonchev–Trinajstić information content (AvgIpc) is 3.17. The van der Waals surface area contributed by atoms with Crippen molar-refractivity contribution >= 4 is 17.5 Å². The summed E-state index contributed by atoms with van der Waals surface area (Å²) in [5.74, 6) is 0.0926. The van der Waals surface area contributed by atoms with Crippen molar-refractivity contribution in [2.45, 2.75) is 19.4 Å². The van der Waals surface area contributed by atoms with Gasteiger partial charge in [0.25, 0.3) is 0 Å². The van der Waals surface area contributed by atoms with E-state index in [1.807, 2.05) is 0 Å². The molecule has 0 heterocycles. The first-order chi connectivity index (χ1) is 8.66. The van der Waals surface area contributed by atoms with Crippen molar-refractivity contribution in [3.05, 3.63) is 34.6 Å². The highest BCUT2D eigenvalue weighted by Crippen LogP contribution is 2.28. The van der Waals surface area contributed by atoms with E-state index in [2.05, 4.69) is 10.6 Å². The Labute approximate surface area is 111 Å². The lowest BCUT2D eigenvalue weighted by atomic mass is 10.2. The molecule has 0 bridgehead atoms. The van der Waals surface area contributed by atoms with Crippen molar-refractivity contribution in [1.82, 2.24) is 10.6 Å². The van der Waals surface area contributed by atoms with E-state index in [9.17, 15) is 9.18 Å². The van der Waals surface area contributed by atoms with Gasteiger partial charge in [0.15, 0.2) is 0 Å². The minimum absolute atomic E-state index is 0.130. The largest absolute Gasteiger partial charge is 0.355 e. The second-order valence-electron chi connectivity index (χ2n) is 4.48. The molecule has 0 aliphatic heterocycles. The molecular weight excluding hydrogens is 255 g/mol. The Morgan fingerprint density at radius 1 is 1.39 bits per heavy atom. The maximum atomic E-state index is 13.4. The molecular formula is C13H16ClFN2O. The second kappa shape index (κ2) is 6.16. The molecule has 0 unspecified atom stereocenters. The van der Waals surface area contributed by atoms with Crippen LogP contribution in [0.5, 0.6) is 0 Å².